The number of Topliss-reactive ketones (excluding diaryl/α,β-unsaturated/α-hetero) is 1. The number of nitrogens with one attached hydrogen (secondary N) is 1. The molecule has 1 spiro atoms. The minimum Gasteiger partial charge on any atom is -0.484 e. The molecule has 2 fully saturated rings. The van der Waals surface area contributed by atoms with Crippen LogP contribution in [0.3, 0.4) is 0 Å². The number of nitrogens with zero attached hydrogens (tertiary/aromatic N) is 2. The van der Waals surface area contributed by atoms with Crippen LogP contribution in [-0.2, 0) is 6.54 Å². The van der Waals surface area contributed by atoms with Crippen LogP contribution in [0.4, 0.5) is 4.39 Å². The summed E-state index contributed by atoms with van der Waals surface area (Å²) >= 11 is 0. The molecule has 3 aliphatic rings. The van der Waals surface area contributed by atoms with Gasteiger partial charge >= 0.3 is 0 Å². The number of fused-ring (bicyclic) bond motifs is 1. The number of aromatic nitrogens is 1. The Morgan fingerprint density at radius 3 is 2.58 bits per heavy atom. The molecule has 3 aromatic rings. The monoisotopic (exact) mass is 513 g/mol. The van der Waals surface area contributed by atoms with E-state index >= 15 is 0 Å². The molecule has 1 aromatic heterocycles. The van der Waals surface area contributed by atoms with E-state index in [9.17, 15) is 14.0 Å². The van der Waals surface area contributed by atoms with Gasteiger partial charge in [0.15, 0.2) is 5.78 Å². The van der Waals surface area contributed by atoms with Crippen molar-refractivity contribution in [3.05, 3.63) is 83.3 Å². The number of carbonyl (C=O) groups is 2. The van der Waals surface area contributed by atoms with E-state index in [0.29, 0.717) is 34.7 Å². The van der Waals surface area contributed by atoms with Crippen molar-refractivity contribution >= 4 is 11.7 Å². The summed E-state index contributed by atoms with van der Waals surface area (Å²) in [6.45, 7) is 3.38. The van der Waals surface area contributed by atoms with Crippen LogP contribution in [0.15, 0.2) is 60.7 Å². The van der Waals surface area contributed by atoms with Crippen LogP contribution in [0.2, 0.25) is 0 Å². The lowest BCUT2D eigenvalue weighted by Crippen LogP contribution is -2.52. The minimum absolute atomic E-state index is 0.0360. The summed E-state index contributed by atoms with van der Waals surface area (Å²) in [5.74, 6) is 0.888. The van der Waals surface area contributed by atoms with Crippen LogP contribution in [0.25, 0.3) is 11.3 Å². The molecule has 196 valence electrons. The van der Waals surface area contributed by atoms with Crippen molar-refractivity contribution in [1.82, 2.24) is 15.2 Å². The Labute approximate surface area is 222 Å². The Balaban J connectivity index is 1.10. The van der Waals surface area contributed by atoms with Gasteiger partial charge in [0, 0.05) is 50.1 Å². The number of pyridine rings is 1. The zero-order chi connectivity index (χ0) is 26.1. The first-order chi connectivity index (χ1) is 18.5. The van der Waals surface area contributed by atoms with E-state index in [2.05, 4.69) is 15.2 Å². The molecular formula is C31H32FN3O3. The van der Waals surface area contributed by atoms with Crippen molar-refractivity contribution in [2.75, 3.05) is 19.6 Å². The van der Waals surface area contributed by atoms with E-state index < -0.39 is 5.60 Å². The molecule has 3 heterocycles. The molecule has 38 heavy (non-hydrogen) atoms. The molecule has 7 heteroatoms. The highest BCUT2D eigenvalue weighted by molar-refractivity contribution is 5.99. The average molecular weight is 514 g/mol. The predicted molar refractivity (Wildman–Crippen MR) is 143 cm³/mol. The summed E-state index contributed by atoms with van der Waals surface area (Å²) in [6, 6.07) is 17.0. The number of halogens is 1. The molecule has 2 aromatic carbocycles. The molecule has 6 nitrogen and oxygen atoms in total. The number of rotatable bonds is 6. The number of amides is 1. The van der Waals surface area contributed by atoms with Crippen molar-refractivity contribution in [2.45, 2.75) is 50.7 Å². The van der Waals surface area contributed by atoms with Gasteiger partial charge in [-0.15, -0.1) is 0 Å². The average Bonchev–Trinajstić information content (AvgIpc) is 2.90. The molecule has 0 atom stereocenters. The second-order valence-corrected chi connectivity index (χ2v) is 10.9. The second-order valence-electron chi connectivity index (χ2n) is 10.9. The smallest absolute Gasteiger partial charge is 0.251 e. The van der Waals surface area contributed by atoms with Crippen LogP contribution in [0.5, 0.6) is 5.75 Å². The molecular weight excluding hydrogens is 481 g/mol. The van der Waals surface area contributed by atoms with Crippen molar-refractivity contribution in [3.63, 3.8) is 0 Å². The van der Waals surface area contributed by atoms with Crippen molar-refractivity contribution < 1.29 is 18.7 Å². The van der Waals surface area contributed by atoms with Crippen molar-refractivity contribution in [1.29, 1.82) is 0 Å². The zero-order valence-electron chi connectivity index (χ0n) is 21.4. The molecule has 0 unspecified atom stereocenters. The third-order valence-corrected chi connectivity index (χ3v) is 8.22. The van der Waals surface area contributed by atoms with Crippen LogP contribution in [-0.4, -0.2) is 46.8 Å². The van der Waals surface area contributed by atoms with Crippen LogP contribution in [0, 0.1) is 11.7 Å². The molecule has 6 rings (SSSR count). The number of ketones is 1. The SMILES string of the molecule is O=C(NCc1cccc(F)c1)c1ccc(-c2ccc3c(n2)C(=O)CC2(CCN(CC4CCC4)CC2)O3)cc1. The van der Waals surface area contributed by atoms with Gasteiger partial charge in [-0.05, 0) is 60.7 Å². The molecule has 1 amide bonds. The largest absolute Gasteiger partial charge is 0.484 e. The van der Waals surface area contributed by atoms with Crippen molar-refractivity contribution in [3.8, 4) is 17.0 Å². The fourth-order valence-electron chi connectivity index (χ4n) is 5.72. The highest BCUT2D eigenvalue weighted by atomic mass is 19.1. The fourth-order valence-corrected chi connectivity index (χ4v) is 5.72. The normalized spacial score (nSPS) is 18.9. The molecule has 1 aliphatic carbocycles. The summed E-state index contributed by atoms with van der Waals surface area (Å²) in [6.07, 6.45) is 6.18. The minimum atomic E-state index is -0.413. The van der Waals surface area contributed by atoms with E-state index in [1.165, 1.54) is 37.9 Å². The Bertz CT molecular complexity index is 1340. The van der Waals surface area contributed by atoms with Gasteiger partial charge in [-0.2, -0.15) is 0 Å². The van der Waals surface area contributed by atoms with Gasteiger partial charge in [0.2, 0.25) is 0 Å². The van der Waals surface area contributed by atoms with Gasteiger partial charge in [0.25, 0.3) is 5.91 Å². The first-order valence-electron chi connectivity index (χ1n) is 13.6. The summed E-state index contributed by atoms with van der Waals surface area (Å²) in [5.41, 5.74) is 2.64. The van der Waals surface area contributed by atoms with Crippen molar-refractivity contribution in [2.24, 2.45) is 5.92 Å². The Kier molecular flexibility index (Phi) is 6.70. The van der Waals surface area contributed by atoms with E-state index in [4.69, 9.17) is 4.74 Å². The number of hydrogen-bond acceptors (Lipinski definition) is 5. The third-order valence-electron chi connectivity index (χ3n) is 8.22. The zero-order valence-corrected chi connectivity index (χ0v) is 21.4. The van der Waals surface area contributed by atoms with Crippen LogP contribution in [0.1, 0.15) is 64.9 Å². The van der Waals surface area contributed by atoms with Gasteiger partial charge < -0.3 is 15.0 Å². The lowest BCUT2D eigenvalue weighted by atomic mass is 9.81. The summed E-state index contributed by atoms with van der Waals surface area (Å²) in [4.78, 5) is 32.9. The summed E-state index contributed by atoms with van der Waals surface area (Å²) < 4.78 is 19.8. The fraction of sp³-hybridized carbons (Fsp3) is 0.387. The molecule has 1 saturated carbocycles. The maximum Gasteiger partial charge on any atom is 0.251 e. The highest BCUT2D eigenvalue weighted by Gasteiger charge is 2.44. The number of ether oxygens (including phenoxy) is 1. The molecule has 1 saturated heterocycles. The first kappa shape index (κ1) is 24.7. The van der Waals surface area contributed by atoms with E-state index in [-0.39, 0.29) is 24.1 Å². The molecule has 1 N–H and O–H groups in total. The van der Waals surface area contributed by atoms with E-state index in [1.54, 1.807) is 24.3 Å². The van der Waals surface area contributed by atoms with Gasteiger partial charge in [-0.25, -0.2) is 9.37 Å². The molecule has 0 bridgehead atoms. The lowest BCUT2D eigenvalue weighted by molar-refractivity contribution is -0.0151. The Hall–Kier alpha value is -3.58. The maximum absolute atomic E-state index is 13.4. The maximum atomic E-state index is 13.4. The van der Waals surface area contributed by atoms with Gasteiger partial charge in [-0.3, -0.25) is 9.59 Å². The third kappa shape index (κ3) is 5.20. The summed E-state index contributed by atoms with van der Waals surface area (Å²) in [7, 11) is 0. The number of piperidine rings is 1. The molecule has 0 radical (unpaired) electrons. The van der Waals surface area contributed by atoms with Crippen LogP contribution < -0.4 is 10.1 Å². The number of carbonyl (C=O) groups excluding carboxylic acids is 2. The van der Waals surface area contributed by atoms with Crippen LogP contribution >= 0.6 is 0 Å². The standard InChI is InChI=1S/C31H32FN3O3/c32-25-6-2-5-22(17-25)19-33-30(37)24-9-7-23(8-10-24)26-11-12-28-29(34-26)27(36)18-31(38-28)13-15-35(16-14-31)20-21-3-1-4-21/h2,5-12,17,21H,1,3-4,13-16,18-20H2,(H,33,37). The topological polar surface area (TPSA) is 71.5 Å². The van der Waals surface area contributed by atoms with Gasteiger partial charge in [0.05, 0.1) is 12.1 Å². The summed E-state index contributed by atoms with van der Waals surface area (Å²) in [5, 5.41) is 2.81. The van der Waals surface area contributed by atoms with E-state index in [1.807, 2.05) is 24.3 Å². The second kappa shape index (κ2) is 10.3. The Morgan fingerprint density at radius 2 is 1.87 bits per heavy atom. The van der Waals surface area contributed by atoms with Gasteiger partial charge in [0.1, 0.15) is 22.9 Å². The first-order valence-corrected chi connectivity index (χ1v) is 13.6. The number of benzene rings is 2. The van der Waals surface area contributed by atoms with E-state index in [0.717, 1.165) is 37.4 Å². The molecule has 2 aliphatic heterocycles. The predicted octanol–water partition coefficient (Wildman–Crippen LogP) is 5.42. The lowest BCUT2D eigenvalue weighted by Gasteiger charge is -2.45. The number of hydrogen-bond donors (Lipinski definition) is 1. The van der Waals surface area contributed by atoms with Gasteiger partial charge in [-0.1, -0.05) is 30.7 Å². The highest BCUT2D eigenvalue weighted by Crippen LogP contribution is 2.40. The Morgan fingerprint density at radius 1 is 1.08 bits per heavy atom. The number of likely N-dealkylation sites (tertiary alicyclic amines) is 1. The quantitative estimate of drug-likeness (QED) is 0.477.